The molecule has 0 bridgehead atoms. The van der Waals surface area contributed by atoms with Gasteiger partial charge in [-0.15, -0.1) is 0 Å². The normalized spacial score (nSPS) is 7.64. The topological polar surface area (TPSA) is 0 Å². The first kappa shape index (κ1) is 30.4. The molecule has 28 heavy (non-hydrogen) atoms. The summed E-state index contributed by atoms with van der Waals surface area (Å²) in [5.41, 5.74) is 5.09. The maximum atomic E-state index is 2.18. The van der Waals surface area contributed by atoms with Crippen LogP contribution in [-0.4, -0.2) is 0 Å². The van der Waals surface area contributed by atoms with Crippen LogP contribution in [0.25, 0.3) is 22.3 Å². The monoisotopic (exact) mass is 380 g/mol. The average molecular weight is 381 g/mol. The largest absolute Gasteiger partial charge is 0.0683 e. The van der Waals surface area contributed by atoms with Crippen molar-refractivity contribution in [1.82, 2.24) is 0 Å². The molecule has 0 saturated carbocycles. The Morgan fingerprint density at radius 2 is 0.500 bits per heavy atom. The highest BCUT2D eigenvalue weighted by molar-refractivity contribution is 5.83. The van der Waals surface area contributed by atoms with E-state index in [2.05, 4.69) is 84.9 Å². The second kappa shape index (κ2) is 24.7. The predicted octanol–water partition coefficient (Wildman–Crippen LogP) is 10.2. The van der Waals surface area contributed by atoms with Crippen LogP contribution in [0.5, 0.6) is 0 Å². The molecule has 0 fully saturated rings. The van der Waals surface area contributed by atoms with Crippen LogP contribution in [0, 0.1) is 0 Å². The number of rotatable bonds is 2. The molecule has 0 heterocycles. The van der Waals surface area contributed by atoms with Crippen LogP contribution in [0.1, 0.15) is 69.2 Å². The Kier molecular flexibility index (Phi) is 26.8. The van der Waals surface area contributed by atoms with Crippen LogP contribution in [0.15, 0.2) is 84.9 Å². The molecule has 0 aliphatic heterocycles. The molecular formula is C28H44. The lowest BCUT2D eigenvalue weighted by Crippen LogP contribution is -1.83. The van der Waals surface area contributed by atoms with E-state index in [1.165, 1.54) is 22.3 Å². The highest BCUT2D eigenvalue weighted by Crippen LogP contribution is 2.31. The van der Waals surface area contributed by atoms with Crippen LogP contribution < -0.4 is 0 Å². The highest BCUT2D eigenvalue weighted by Gasteiger charge is 2.05. The van der Waals surface area contributed by atoms with Crippen molar-refractivity contribution in [3.63, 3.8) is 0 Å². The van der Waals surface area contributed by atoms with Crippen LogP contribution >= 0.6 is 0 Å². The maximum Gasteiger partial charge on any atom is -0.0105 e. The molecule has 0 spiro atoms. The van der Waals surface area contributed by atoms with Gasteiger partial charge in [-0.25, -0.2) is 0 Å². The fourth-order valence-electron chi connectivity index (χ4n) is 2.22. The summed E-state index contributed by atoms with van der Waals surface area (Å²) < 4.78 is 0. The van der Waals surface area contributed by atoms with Crippen LogP contribution in [-0.2, 0) is 0 Å². The molecule has 0 saturated heterocycles. The molecule has 0 aliphatic rings. The fraction of sp³-hybridized carbons (Fsp3) is 0.357. The fourth-order valence-corrected chi connectivity index (χ4v) is 2.22. The van der Waals surface area contributed by atoms with Crippen molar-refractivity contribution in [2.75, 3.05) is 0 Å². The van der Waals surface area contributed by atoms with Crippen molar-refractivity contribution in [1.29, 1.82) is 0 Å². The molecule has 0 amide bonds. The van der Waals surface area contributed by atoms with Gasteiger partial charge >= 0.3 is 0 Å². The third kappa shape index (κ3) is 11.4. The molecule has 156 valence electrons. The standard InChI is InChI=1S/C18H14.5C2H6/c1-3-9-15(10-4-1)17-13-7-8-14-18(17)16-11-5-2-6-12-16;5*1-2/h1-14H;5*1-2H3. The van der Waals surface area contributed by atoms with Gasteiger partial charge in [-0.2, -0.15) is 0 Å². The summed E-state index contributed by atoms with van der Waals surface area (Å²) in [4.78, 5) is 0. The second-order valence-electron chi connectivity index (χ2n) is 4.28. The van der Waals surface area contributed by atoms with Crippen molar-refractivity contribution in [2.45, 2.75) is 69.2 Å². The summed E-state index contributed by atoms with van der Waals surface area (Å²) in [7, 11) is 0. The van der Waals surface area contributed by atoms with Gasteiger partial charge in [-0.05, 0) is 22.3 Å². The molecule has 0 atom stereocenters. The van der Waals surface area contributed by atoms with Gasteiger partial charge in [0.05, 0.1) is 0 Å². The molecule has 0 aromatic heterocycles. The Hall–Kier alpha value is -2.34. The molecule has 0 N–H and O–H groups in total. The zero-order chi connectivity index (χ0) is 22.2. The summed E-state index contributed by atoms with van der Waals surface area (Å²) in [6.45, 7) is 20.0. The van der Waals surface area contributed by atoms with Gasteiger partial charge in [0, 0.05) is 0 Å². The molecule has 0 radical (unpaired) electrons. The first-order chi connectivity index (χ1) is 13.9. The first-order valence-corrected chi connectivity index (χ1v) is 11.1. The second-order valence-corrected chi connectivity index (χ2v) is 4.28. The van der Waals surface area contributed by atoms with E-state index in [0.29, 0.717) is 0 Å². The minimum atomic E-state index is 1.26. The van der Waals surface area contributed by atoms with E-state index in [0.717, 1.165) is 0 Å². The molecule has 0 nitrogen and oxygen atoms in total. The van der Waals surface area contributed by atoms with Gasteiger partial charge in [0.25, 0.3) is 0 Å². The van der Waals surface area contributed by atoms with E-state index in [1.54, 1.807) is 0 Å². The SMILES string of the molecule is CC.CC.CC.CC.CC.c1ccc(-c2ccccc2-c2ccccc2)cc1. The van der Waals surface area contributed by atoms with Crippen LogP contribution in [0.4, 0.5) is 0 Å². The van der Waals surface area contributed by atoms with Crippen LogP contribution in [0.2, 0.25) is 0 Å². The first-order valence-electron chi connectivity index (χ1n) is 11.1. The summed E-state index contributed by atoms with van der Waals surface area (Å²) in [6.07, 6.45) is 0. The Bertz CT molecular complexity index is 566. The van der Waals surface area contributed by atoms with E-state index in [4.69, 9.17) is 0 Å². The van der Waals surface area contributed by atoms with Gasteiger partial charge in [-0.3, -0.25) is 0 Å². The van der Waals surface area contributed by atoms with Crippen molar-refractivity contribution >= 4 is 0 Å². The van der Waals surface area contributed by atoms with E-state index < -0.39 is 0 Å². The van der Waals surface area contributed by atoms with Gasteiger partial charge in [0.2, 0.25) is 0 Å². The lowest BCUT2D eigenvalue weighted by atomic mass is 9.95. The van der Waals surface area contributed by atoms with Crippen molar-refractivity contribution in [3.05, 3.63) is 84.9 Å². The number of hydrogen-bond donors (Lipinski definition) is 0. The lowest BCUT2D eigenvalue weighted by molar-refractivity contribution is 1.50. The minimum absolute atomic E-state index is 1.26. The van der Waals surface area contributed by atoms with Crippen molar-refractivity contribution in [2.24, 2.45) is 0 Å². The Labute approximate surface area is 176 Å². The molecule has 3 rings (SSSR count). The molecule has 3 aromatic rings. The molecule has 3 aromatic carbocycles. The molecule has 0 unspecified atom stereocenters. The summed E-state index contributed by atoms with van der Waals surface area (Å²) in [5, 5.41) is 0. The highest BCUT2D eigenvalue weighted by atomic mass is 14.1. The maximum absolute atomic E-state index is 2.18. The van der Waals surface area contributed by atoms with Crippen molar-refractivity contribution in [3.8, 4) is 22.3 Å². The zero-order valence-corrected chi connectivity index (χ0v) is 20.1. The van der Waals surface area contributed by atoms with Gasteiger partial charge in [0.15, 0.2) is 0 Å². The third-order valence-electron chi connectivity index (χ3n) is 3.10. The summed E-state index contributed by atoms with van der Waals surface area (Å²) in [5.74, 6) is 0. The average Bonchev–Trinajstić information content (AvgIpc) is 2.86. The van der Waals surface area contributed by atoms with E-state index in [9.17, 15) is 0 Å². The number of benzene rings is 3. The van der Waals surface area contributed by atoms with E-state index in [-0.39, 0.29) is 0 Å². The lowest BCUT2D eigenvalue weighted by Gasteiger charge is -2.09. The number of hydrogen-bond acceptors (Lipinski definition) is 0. The quantitative estimate of drug-likeness (QED) is 0.414. The smallest absolute Gasteiger partial charge is 0.0105 e. The molecule has 0 aliphatic carbocycles. The zero-order valence-electron chi connectivity index (χ0n) is 20.1. The summed E-state index contributed by atoms with van der Waals surface area (Å²) >= 11 is 0. The van der Waals surface area contributed by atoms with Gasteiger partial charge < -0.3 is 0 Å². The van der Waals surface area contributed by atoms with Gasteiger partial charge in [0.1, 0.15) is 0 Å². The van der Waals surface area contributed by atoms with E-state index >= 15 is 0 Å². The van der Waals surface area contributed by atoms with E-state index in [1.807, 2.05) is 69.2 Å². The third-order valence-corrected chi connectivity index (χ3v) is 3.10. The predicted molar refractivity (Wildman–Crippen MR) is 134 cm³/mol. The minimum Gasteiger partial charge on any atom is -0.0683 e. The van der Waals surface area contributed by atoms with Gasteiger partial charge in [-0.1, -0.05) is 154 Å². The molecular weight excluding hydrogens is 336 g/mol. The molecule has 0 heteroatoms. The Balaban J connectivity index is -0.000000548. The Morgan fingerprint density at radius 3 is 0.750 bits per heavy atom. The summed E-state index contributed by atoms with van der Waals surface area (Å²) in [6, 6.07) is 29.6. The Morgan fingerprint density at radius 1 is 0.286 bits per heavy atom. The van der Waals surface area contributed by atoms with Crippen LogP contribution in [0.3, 0.4) is 0 Å². The van der Waals surface area contributed by atoms with Crippen molar-refractivity contribution < 1.29 is 0 Å².